The topological polar surface area (TPSA) is 59.3 Å². The number of benzene rings is 1. The van der Waals surface area contributed by atoms with Crippen LogP contribution in [0.2, 0.25) is 0 Å². The number of unbranched alkanes of at least 4 members (excludes halogenated alkanes) is 5. The summed E-state index contributed by atoms with van der Waals surface area (Å²) >= 11 is 0. The molecule has 0 aliphatic heterocycles. The van der Waals surface area contributed by atoms with E-state index < -0.39 is 11.4 Å². The van der Waals surface area contributed by atoms with Crippen LogP contribution >= 0.6 is 0 Å². The van der Waals surface area contributed by atoms with Crippen LogP contribution in [0.1, 0.15) is 61.4 Å². The van der Waals surface area contributed by atoms with Crippen molar-refractivity contribution in [2.24, 2.45) is 0 Å². The third-order valence-corrected chi connectivity index (χ3v) is 4.22. The van der Waals surface area contributed by atoms with Gasteiger partial charge in [0.05, 0.1) is 5.52 Å². The van der Waals surface area contributed by atoms with Gasteiger partial charge in [0.2, 0.25) is 5.43 Å². The van der Waals surface area contributed by atoms with Gasteiger partial charge in [0.15, 0.2) is 0 Å². The molecule has 0 aliphatic carbocycles. The summed E-state index contributed by atoms with van der Waals surface area (Å²) in [5.41, 5.74) is 1.24. The Hall–Kier alpha value is -2.10. The van der Waals surface area contributed by atoms with E-state index in [1.807, 2.05) is 23.6 Å². The maximum Gasteiger partial charge on any atom is 0.341 e. The average Bonchev–Trinajstić information content (AvgIpc) is 2.52. The van der Waals surface area contributed by atoms with Crippen molar-refractivity contribution < 1.29 is 9.90 Å². The fourth-order valence-electron chi connectivity index (χ4n) is 2.91. The number of carbonyl (C=O) groups is 1. The highest BCUT2D eigenvalue weighted by molar-refractivity contribution is 5.92. The van der Waals surface area contributed by atoms with Crippen molar-refractivity contribution in [1.82, 2.24) is 4.57 Å². The summed E-state index contributed by atoms with van der Waals surface area (Å²) in [5, 5.41) is 9.77. The van der Waals surface area contributed by atoms with Gasteiger partial charge in [-0.3, -0.25) is 4.79 Å². The van der Waals surface area contributed by atoms with E-state index >= 15 is 0 Å². The highest BCUT2D eigenvalue weighted by Gasteiger charge is 2.14. The lowest BCUT2D eigenvalue weighted by Crippen LogP contribution is -2.19. The maximum absolute atomic E-state index is 12.3. The number of nitrogens with zero attached hydrogens (tertiary/aromatic N) is 1. The molecule has 0 saturated carbocycles. The highest BCUT2D eigenvalue weighted by atomic mass is 16.4. The van der Waals surface area contributed by atoms with Gasteiger partial charge >= 0.3 is 5.97 Å². The first-order valence-electron chi connectivity index (χ1n) is 8.41. The van der Waals surface area contributed by atoms with Crippen molar-refractivity contribution in [3.63, 3.8) is 0 Å². The van der Waals surface area contributed by atoms with Crippen molar-refractivity contribution in [1.29, 1.82) is 0 Å². The van der Waals surface area contributed by atoms with Gasteiger partial charge in [0.25, 0.3) is 0 Å². The predicted molar refractivity (Wildman–Crippen MR) is 93.3 cm³/mol. The molecule has 1 heterocycles. The minimum atomic E-state index is -1.16. The number of carboxylic acid groups (broad SMARTS) is 1. The Morgan fingerprint density at radius 2 is 1.83 bits per heavy atom. The molecule has 1 N–H and O–H groups in total. The standard InChI is InChI=1S/C19H25NO3/c1-3-4-5-6-7-8-11-20-13-16(19(22)23)18(21)15-12-14(2)9-10-17(15)20/h9-10,12-13H,3-8,11H2,1-2H3,(H,22,23). The van der Waals surface area contributed by atoms with Crippen LogP contribution in [-0.2, 0) is 6.54 Å². The molecule has 2 rings (SSSR count). The molecule has 0 atom stereocenters. The largest absolute Gasteiger partial charge is 0.477 e. The number of carboxylic acids is 1. The molecule has 2 aromatic rings. The second-order valence-electron chi connectivity index (χ2n) is 6.16. The van der Waals surface area contributed by atoms with E-state index in [-0.39, 0.29) is 5.56 Å². The lowest BCUT2D eigenvalue weighted by atomic mass is 10.1. The minimum Gasteiger partial charge on any atom is -0.477 e. The van der Waals surface area contributed by atoms with Crippen LogP contribution in [-0.4, -0.2) is 15.6 Å². The normalized spacial score (nSPS) is 11.0. The summed E-state index contributed by atoms with van der Waals surface area (Å²) in [7, 11) is 0. The molecule has 0 fully saturated rings. The smallest absolute Gasteiger partial charge is 0.341 e. The van der Waals surface area contributed by atoms with Crippen molar-refractivity contribution in [2.45, 2.75) is 58.9 Å². The lowest BCUT2D eigenvalue weighted by molar-refractivity contribution is 0.0695. The fraction of sp³-hybridized carbons (Fsp3) is 0.474. The number of aromatic nitrogens is 1. The Morgan fingerprint density at radius 3 is 2.52 bits per heavy atom. The van der Waals surface area contributed by atoms with Gasteiger partial charge in [-0.25, -0.2) is 4.79 Å². The Kier molecular flexibility index (Phi) is 5.97. The second kappa shape index (κ2) is 7.95. The van der Waals surface area contributed by atoms with Gasteiger partial charge in [0.1, 0.15) is 5.56 Å². The highest BCUT2D eigenvalue weighted by Crippen LogP contribution is 2.16. The molecule has 23 heavy (non-hydrogen) atoms. The Balaban J connectivity index is 2.26. The molecular weight excluding hydrogens is 290 g/mol. The quantitative estimate of drug-likeness (QED) is 0.736. The second-order valence-corrected chi connectivity index (χ2v) is 6.16. The minimum absolute atomic E-state index is 0.144. The molecule has 0 amide bonds. The van der Waals surface area contributed by atoms with Crippen LogP contribution in [0.3, 0.4) is 0 Å². The van der Waals surface area contributed by atoms with E-state index in [0.717, 1.165) is 30.5 Å². The van der Waals surface area contributed by atoms with Gasteiger partial charge in [-0.1, -0.05) is 50.7 Å². The number of hydrogen-bond donors (Lipinski definition) is 1. The molecule has 0 saturated heterocycles. The van der Waals surface area contributed by atoms with Crippen LogP contribution in [0.5, 0.6) is 0 Å². The summed E-state index contributed by atoms with van der Waals surface area (Å²) < 4.78 is 1.92. The number of aromatic carboxylic acids is 1. The van der Waals surface area contributed by atoms with Crippen LogP contribution in [0.4, 0.5) is 0 Å². The first-order valence-corrected chi connectivity index (χ1v) is 8.41. The summed E-state index contributed by atoms with van der Waals surface area (Å²) in [5.74, 6) is -1.16. The number of hydrogen-bond acceptors (Lipinski definition) is 2. The zero-order valence-corrected chi connectivity index (χ0v) is 14.0. The zero-order chi connectivity index (χ0) is 16.8. The Bertz CT molecular complexity index is 746. The molecule has 4 nitrogen and oxygen atoms in total. The van der Waals surface area contributed by atoms with Crippen LogP contribution in [0, 0.1) is 6.92 Å². The Labute approximate surface area is 136 Å². The van der Waals surface area contributed by atoms with Gasteiger partial charge in [0, 0.05) is 18.1 Å². The first-order chi connectivity index (χ1) is 11.0. The number of fused-ring (bicyclic) bond motifs is 1. The number of rotatable bonds is 8. The van der Waals surface area contributed by atoms with Crippen molar-refractivity contribution in [3.8, 4) is 0 Å². The number of pyridine rings is 1. The summed E-state index contributed by atoms with van der Waals surface area (Å²) in [4.78, 5) is 23.7. The molecule has 1 aromatic heterocycles. The van der Waals surface area contributed by atoms with Gasteiger partial charge in [-0.15, -0.1) is 0 Å². The van der Waals surface area contributed by atoms with E-state index in [4.69, 9.17) is 0 Å². The van der Waals surface area contributed by atoms with Gasteiger partial charge in [-0.05, 0) is 25.5 Å². The summed E-state index contributed by atoms with van der Waals surface area (Å²) in [6, 6.07) is 5.65. The molecule has 0 spiro atoms. The molecule has 124 valence electrons. The summed E-state index contributed by atoms with van der Waals surface area (Å²) in [6.45, 7) is 4.85. The third kappa shape index (κ3) is 4.21. The Morgan fingerprint density at radius 1 is 1.13 bits per heavy atom. The van der Waals surface area contributed by atoms with E-state index in [1.54, 1.807) is 6.07 Å². The lowest BCUT2D eigenvalue weighted by Gasteiger charge is -2.13. The summed E-state index contributed by atoms with van der Waals surface area (Å²) in [6.07, 6.45) is 8.57. The van der Waals surface area contributed by atoms with Crippen LogP contribution in [0.25, 0.3) is 10.9 Å². The average molecular weight is 315 g/mol. The van der Waals surface area contributed by atoms with Crippen LogP contribution in [0.15, 0.2) is 29.2 Å². The SMILES string of the molecule is CCCCCCCCn1cc(C(=O)O)c(=O)c2cc(C)ccc21. The van der Waals surface area contributed by atoms with E-state index in [1.165, 1.54) is 31.9 Å². The zero-order valence-electron chi connectivity index (χ0n) is 14.0. The molecule has 1 aromatic carbocycles. The molecule has 0 bridgehead atoms. The van der Waals surface area contributed by atoms with Crippen molar-refractivity contribution >= 4 is 16.9 Å². The molecular formula is C19H25NO3. The van der Waals surface area contributed by atoms with E-state index in [2.05, 4.69) is 6.92 Å². The maximum atomic E-state index is 12.3. The number of aryl methyl sites for hydroxylation is 2. The van der Waals surface area contributed by atoms with E-state index in [0.29, 0.717) is 5.39 Å². The van der Waals surface area contributed by atoms with Crippen molar-refractivity contribution in [2.75, 3.05) is 0 Å². The fourth-order valence-corrected chi connectivity index (χ4v) is 2.91. The molecule has 0 radical (unpaired) electrons. The molecule has 0 aliphatic rings. The van der Waals surface area contributed by atoms with Gasteiger partial charge in [-0.2, -0.15) is 0 Å². The molecule has 4 heteroatoms. The van der Waals surface area contributed by atoms with Crippen molar-refractivity contribution in [3.05, 3.63) is 45.7 Å². The first kappa shape index (κ1) is 17.3. The predicted octanol–water partition coefficient (Wildman–Crippen LogP) is 4.37. The van der Waals surface area contributed by atoms with Gasteiger partial charge < -0.3 is 9.67 Å². The van der Waals surface area contributed by atoms with E-state index in [9.17, 15) is 14.7 Å². The molecule has 0 unspecified atom stereocenters. The monoisotopic (exact) mass is 315 g/mol. The third-order valence-electron chi connectivity index (χ3n) is 4.22. The van der Waals surface area contributed by atoms with Crippen LogP contribution < -0.4 is 5.43 Å².